The molecule has 4 rings (SSSR count). The van der Waals surface area contributed by atoms with Gasteiger partial charge in [0.15, 0.2) is 11.5 Å². The first-order chi connectivity index (χ1) is 17.1. The highest BCUT2D eigenvalue weighted by atomic mass is 16.5. The van der Waals surface area contributed by atoms with Crippen LogP contribution in [0.4, 0.5) is 11.5 Å². The van der Waals surface area contributed by atoms with Gasteiger partial charge >= 0.3 is 0 Å². The zero-order valence-corrected chi connectivity index (χ0v) is 20.5. The van der Waals surface area contributed by atoms with E-state index in [4.69, 9.17) is 4.74 Å². The van der Waals surface area contributed by atoms with E-state index >= 15 is 0 Å². The van der Waals surface area contributed by atoms with Gasteiger partial charge in [0.1, 0.15) is 5.82 Å². The molecule has 1 aliphatic heterocycles. The summed E-state index contributed by atoms with van der Waals surface area (Å²) in [6.07, 6.45) is 3.47. The number of hydrogen-bond acceptors (Lipinski definition) is 6. The number of anilines is 2. The summed E-state index contributed by atoms with van der Waals surface area (Å²) in [6, 6.07) is 19.4. The van der Waals surface area contributed by atoms with Crippen molar-refractivity contribution in [3.63, 3.8) is 0 Å². The minimum atomic E-state index is -0.184. The van der Waals surface area contributed by atoms with E-state index in [1.54, 1.807) is 19.4 Å². The Balaban J connectivity index is 1.34. The lowest BCUT2D eigenvalue weighted by molar-refractivity contribution is -0.117. The molecule has 0 spiro atoms. The average molecular weight is 475 g/mol. The molecule has 1 saturated heterocycles. The van der Waals surface area contributed by atoms with Crippen molar-refractivity contribution in [2.24, 2.45) is 0 Å². The van der Waals surface area contributed by atoms with Crippen molar-refractivity contribution in [2.75, 3.05) is 43.5 Å². The Morgan fingerprint density at radius 1 is 1.06 bits per heavy atom. The molecule has 0 aliphatic carbocycles. The number of aromatic nitrogens is 1. The molecule has 3 aromatic rings. The molecule has 184 valence electrons. The first-order valence-corrected chi connectivity index (χ1v) is 12.2. The maximum absolute atomic E-state index is 12.8. The zero-order chi connectivity index (χ0) is 24.6. The molecule has 1 aromatic heterocycles. The molecule has 0 radical (unpaired) electrons. The fourth-order valence-electron chi connectivity index (χ4n) is 4.59. The Kier molecular flexibility index (Phi) is 8.21. The predicted molar refractivity (Wildman–Crippen MR) is 139 cm³/mol. The van der Waals surface area contributed by atoms with Crippen LogP contribution in [0.2, 0.25) is 0 Å². The number of methoxy groups -OCH3 is 1. The maximum Gasteiger partial charge on any atom is 0.231 e. The molecule has 1 fully saturated rings. The van der Waals surface area contributed by atoms with Crippen molar-refractivity contribution in [2.45, 2.75) is 32.2 Å². The van der Waals surface area contributed by atoms with E-state index in [1.807, 2.05) is 61.5 Å². The highest BCUT2D eigenvalue weighted by Gasteiger charge is 2.20. The van der Waals surface area contributed by atoms with Crippen LogP contribution in [0.3, 0.4) is 0 Å². The standard InChI is InChI=1S/C28H34N4O3/c1-3-24(21-9-5-4-6-10-21)28(34)30-23-13-14-26(29-19-23)32-16-8-15-31(17-18-32)20-22-11-7-12-25(35-2)27(22)33/h4-7,9-14,19,24,33H,3,8,15-18,20H2,1-2H3,(H,30,34)/t24-/m1/s1. The fraction of sp³-hybridized carbons (Fsp3) is 0.357. The van der Waals surface area contributed by atoms with Crippen molar-refractivity contribution in [1.29, 1.82) is 0 Å². The number of pyridine rings is 1. The molecule has 2 heterocycles. The van der Waals surface area contributed by atoms with Crippen LogP contribution in [0.15, 0.2) is 66.9 Å². The number of hydrogen-bond donors (Lipinski definition) is 2. The minimum absolute atomic E-state index is 0.0144. The lowest BCUT2D eigenvalue weighted by Gasteiger charge is -2.23. The summed E-state index contributed by atoms with van der Waals surface area (Å²) in [7, 11) is 1.57. The molecule has 35 heavy (non-hydrogen) atoms. The summed E-state index contributed by atoms with van der Waals surface area (Å²) >= 11 is 0. The number of para-hydroxylation sites is 1. The lowest BCUT2D eigenvalue weighted by atomic mass is 9.95. The van der Waals surface area contributed by atoms with E-state index < -0.39 is 0 Å². The number of aromatic hydroxyl groups is 1. The number of phenolic OH excluding ortho intramolecular Hbond substituents is 1. The molecule has 1 aliphatic rings. The van der Waals surface area contributed by atoms with Gasteiger partial charge in [-0.1, -0.05) is 49.4 Å². The van der Waals surface area contributed by atoms with Gasteiger partial charge in [-0.15, -0.1) is 0 Å². The third-order valence-corrected chi connectivity index (χ3v) is 6.55. The monoisotopic (exact) mass is 474 g/mol. The Morgan fingerprint density at radius 3 is 2.60 bits per heavy atom. The SMILES string of the molecule is CC[C@@H](C(=O)Nc1ccc(N2CCCN(Cc3cccc(OC)c3O)CC2)nc1)c1ccccc1. The maximum atomic E-state index is 12.8. The van der Waals surface area contributed by atoms with Gasteiger partial charge < -0.3 is 20.1 Å². The minimum Gasteiger partial charge on any atom is -0.504 e. The summed E-state index contributed by atoms with van der Waals surface area (Å²) < 4.78 is 5.24. The van der Waals surface area contributed by atoms with Gasteiger partial charge in [-0.05, 0) is 36.6 Å². The second-order valence-corrected chi connectivity index (χ2v) is 8.85. The number of ether oxygens (including phenoxy) is 1. The number of amides is 1. The van der Waals surface area contributed by atoms with E-state index in [0.717, 1.165) is 56.0 Å². The summed E-state index contributed by atoms with van der Waals surface area (Å²) in [5.41, 5.74) is 2.60. The molecule has 0 unspecified atom stereocenters. The van der Waals surface area contributed by atoms with Crippen molar-refractivity contribution in [3.05, 3.63) is 78.0 Å². The van der Waals surface area contributed by atoms with Crippen LogP contribution in [-0.2, 0) is 11.3 Å². The first-order valence-electron chi connectivity index (χ1n) is 12.2. The smallest absolute Gasteiger partial charge is 0.231 e. The topological polar surface area (TPSA) is 77.9 Å². The van der Waals surface area contributed by atoms with Gasteiger partial charge in [-0.2, -0.15) is 0 Å². The van der Waals surface area contributed by atoms with Crippen LogP contribution in [0, 0.1) is 0 Å². The molecule has 0 bridgehead atoms. The Labute approximate surface area is 207 Å². The second kappa shape index (κ2) is 11.7. The van der Waals surface area contributed by atoms with Crippen molar-refractivity contribution in [3.8, 4) is 11.5 Å². The normalized spacial score (nSPS) is 15.3. The molecule has 1 amide bonds. The zero-order valence-electron chi connectivity index (χ0n) is 20.5. The van der Waals surface area contributed by atoms with Crippen LogP contribution >= 0.6 is 0 Å². The largest absolute Gasteiger partial charge is 0.504 e. The highest BCUT2D eigenvalue weighted by molar-refractivity contribution is 5.95. The molecular weight excluding hydrogens is 440 g/mol. The van der Waals surface area contributed by atoms with E-state index in [9.17, 15) is 9.90 Å². The molecule has 2 N–H and O–H groups in total. The summed E-state index contributed by atoms with van der Waals surface area (Å²) in [5.74, 6) is 1.43. The molecule has 1 atom stereocenters. The molecule has 7 heteroatoms. The van der Waals surface area contributed by atoms with Gasteiger partial charge in [0, 0.05) is 38.3 Å². The molecular formula is C28H34N4O3. The lowest BCUT2D eigenvalue weighted by Crippen LogP contribution is -2.31. The number of rotatable bonds is 8. The van der Waals surface area contributed by atoms with Crippen LogP contribution < -0.4 is 15.0 Å². The van der Waals surface area contributed by atoms with Crippen LogP contribution in [-0.4, -0.2) is 54.2 Å². The number of carbonyl (C=O) groups excluding carboxylic acids is 1. The van der Waals surface area contributed by atoms with E-state index in [2.05, 4.69) is 20.1 Å². The predicted octanol–water partition coefficient (Wildman–Crippen LogP) is 4.64. The van der Waals surface area contributed by atoms with Crippen LogP contribution in [0.25, 0.3) is 0 Å². The second-order valence-electron chi connectivity index (χ2n) is 8.85. The van der Waals surface area contributed by atoms with Crippen LogP contribution in [0.1, 0.15) is 36.8 Å². The van der Waals surface area contributed by atoms with E-state index in [-0.39, 0.29) is 17.6 Å². The summed E-state index contributed by atoms with van der Waals surface area (Å²) in [5, 5.41) is 13.4. The highest BCUT2D eigenvalue weighted by Crippen LogP contribution is 2.30. The molecule has 7 nitrogen and oxygen atoms in total. The third-order valence-electron chi connectivity index (χ3n) is 6.55. The van der Waals surface area contributed by atoms with E-state index in [1.165, 1.54) is 0 Å². The Hall–Kier alpha value is -3.58. The van der Waals surface area contributed by atoms with Crippen molar-refractivity contribution in [1.82, 2.24) is 9.88 Å². The van der Waals surface area contributed by atoms with Gasteiger partial charge in [-0.3, -0.25) is 9.69 Å². The van der Waals surface area contributed by atoms with Crippen molar-refractivity contribution < 1.29 is 14.6 Å². The van der Waals surface area contributed by atoms with Crippen LogP contribution in [0.5, 0.6) is 11.5 Å². The first kappa shape index (κ1) is 24.5. The van der Waals surface area contributed by atoms with Gasteiger partial charge in [-0.25, -0.2) is 4.98 Å². The number of nitrogens with zero attached hydrogens (tertiary/aromatic N) is 3. The third kappa shape index (κ3) is 6.11. The Morgan fingerprint density at radius 2 is 1.89 bits per heavy atom. The quantitative estimate of drug-likeness (QED) is 0.495. The van der Waals surface area contributed by atoms with E-state index in [0.29, 0.717) is 18.0 Å². The molecule has 2 aromatic carbocycles. The Bertz CT molecular complexity index is 1100. The number of benzene rings is 2. The summed E-state index contributed by atoms with van der Waals surface area (Å²) in [6.45, 7) is 6.26. The number of phenols is 1. The summed E-state index contributed by atoms with van der Waals surface area (Å²) in [4.78, 5) is 22.1. The van der Waals surface area contributed by atoms with Gasteiger partial charge in [0.25, 0.3) is 0 Å². The average Bonchev–Trinajstić information content (AvgIpc) is 3.12. The molecule has 0 saturated carbocycles. The van der Waals surface area contributed by atoms with Gasteiger partial charge in [0.05, 0.1) is 24.9 Å². The number of carbonyl (C=O) groups is 1. The van der Waals surface area contributed by atoms with Gasteiger partial charge in [0.2, 0.25) is 5.91 Å². The fourth-order valence-corrected chi connectivity index (χ4v) is 4.59. The number of nitrogens with one attached hydrogen (secondary N) is 1. The van der Waals surface area contributed by atoms with Crippen molar-refractivity contribution >= 4 is 17.4 Å².